The summed E-state index contributed by atoms with van der Waals surface area (Å²) < 4.78 is 0. The van der Waals surface area contributed by atoms with Crippen molar-refractivity contribution in [3.8, 4) is 11.1 Å². The van der Waals surface area contributed by atoms with Gasteiger partial charge in [0, 0.05) is 0 Å². The van der Waals surface area contributed by atoms with E-state index in [2.05, 4.69) is 79.7 Å². The summed E-state index contributed by atoms with van der Waals surface area (Å²) in [5.41, 5.74) is 11.7. The van der Waals surface area contributed by atoms with E-state index < -0.39 is 0 Å². The highest BCUT2D eigenvalue weighted by molar-refractivity contribution is 5.79. The molecule has 116 valence electrons. The van der Waals surface area contributed by atoms with Gasteiger partial charge in [-0.15, -0.1) is 0 Å². The smallest absolute Gasteiger partial charge is 0.000558 e. The molecule has 0 spiro atoms. The van der Waals surface area contributed by atoms with Gasteiger partial charge in [-0.05, 0) is 83.0 Å². The molecular weight excluding hydrogens is 264 g/mol. The molecule has 0 fully saturated rings. The van der Waals surface area contributed by atoms with Gasteiger partial charge in [-0.1, -0.05) is 52.0 Å². The van der Waals surface area contributed by atoms with Gasteiger partial charge in [0.25, 0.3) is 0 Å². The van der Waals surface area contributed by atoms with E-state index in [0.717, 1.165) is 0 Å². The van der Waals surface area contributed by atoms with Gasteiger partial charge in [0.2, 0.25) is 0 Å². The number of rotatable bonds is 0. The standard InChI is InChI=1S/C22H28/c1-13-9-17-18-10-14(2)16(4)12-20(18)22(7,8)21(5,6)19(17)11-15(13)3/h9-12H,1-8H3. The molecule has 0 atom stereocenters. The van der Waals surface area contributed by atoms with E-state index in [4.69, 9.17) is 0 Å². The quantitative estimate of drug-likeness (QED) is 0.546. The molecule has 0 unspecified atom stereocenters. The van der Waals surface area contributed by atoms with Crippen LogP contribution in [0, 0.1) is 27.7 Å². The molecule has 22 heavy (non-hydrogen) atoms. The van der Waals surface area contributed by atoms with E-state index in [1.807, 2.05) is 0 Å². The van der Waals surface area contributed by atoms with Crippen LogP contribution in [0.25, 0.3) is 11.1 Å². The molecule has 3 rings (SSSR count). The van der Waals surface area contributed by atoms with Gasteiger partial charge >= 0.3 is 0 Å². The van der Waals surface area contributed by atoms with E-state index >= 15 is 0 Å². The Morgan fingerprint density at radius 1 is 0.500 bits per heavy atom. The summed E-state index contributed by atoms with van der Waals surface area (Å²) in [5.74, 6) is 0. The number of aryl methyl sites for hydroxylation is 4. The fourth-order valence-electron chi connectivity index (χ4n) is 3.79. The zero-order chi connectivity index (χ0) is 16.4. The van der Waals surface area contributed by atoms with Crippen LogP contribution in [-0.2, 0) is 10.8 Å². The molecule has 0 bridgehead atoms. The lowest BCUT2D eigenvalue weighted by atomic mass is 9.55. The van der Waals surface area contributed by atoms with Crippen LogP contribution in [0.3, 0.4) is 0 Å². The van der Waals surface area contributed by atoms with E-state index in [9.17, 15) is 0 Å². The van der Waals surface area contributed by atoms with Crippen molar-refractivity contribution in [1.29, 1.82) is 0 Å². The largest absolute Gasteiger partial charge is 0.0549 e. The van der Waals surface area contributed by atoms with Crippen molar-refractivity contribution in [3.63, 3.8) is 0 Å². The molecule has 0 amide bonds. The lowest BCUT2D eigenvalue weighted by molar-refractivity contribution is 0.298. The molecule has 2 aromatic carbocycles. The molecule has 1 aliphatic carbocycles. The maximum atomic E-state index is 2.42. The van der Waals surface area contributed by atoms with Gasteiger partial charge in [0.15, 0.2) is 0 Å². The van der Waals surface area contributed by atoms with Crippen molar-refractivity contribution in [1.82, 2.24) is 0 Å². The average molecular weight is 292 g/mol. The average Bonchev–Trinajstić information content (AvgIpc) is 2.42. The minimum Gasteiger partial charge on any atom is -0.0549 e. The lowest BCUT2D eigenvalue weighted by Crippen LogP contribution is -2.43. The minimum absolute atomic E-state index is 0.121. The number of hydrogen-bond acceptors (Lipinski definition) is 0. The predicted octanol–water partition coefficient (Wildman–Crippen LogP) is 6.16. The van der Waals surface area contributed by atoms with E-state index in [-0.39, 0.29) is 10.8 Å². The fourth-order valence-corrected chi connectivity index (χ4v) is 3.79. The fraction of sp³-hybridized carbons (Fsp3) is 0.455. The Morgan fingerprint density at radius 3 is 1.09 bits per heavy atom. The Labute approximate surface area is 135 Å². The number of hydrogen-bond donors (Lipinski definition) is 0. The third kappa shape index (κ3) is 1.82. The zero-order valence-corrected chi connectivity index (χ0v) is 15.3. The summed E-state index contributed by atoms with van der Waals surface area (Å²) in [6.07, 6.45) is 0. The van der Waals surface area contributed by atoms with Crippen LogP contribution < -0.4 is 0 Å². The van der Waals surface area contributed by atoms with Gasteiger partial charge in [-0.25, -0.2) is 0 Å². The maximum absolute atomic E-state index is 2.42. The van der Waals surface area contributed by atoms with Crippen LogP contribution in [0.4, 0.5) is 0 Å². The molecule has 0 N–H and O–H groups in total. The third-order valence-corrected chi connectivity index (χ3v) is 6.47. The Bertz CT molecular complexity index is 706. The summed E-state index contributed by atoms with van der Waals surface area (Å²) in [7, 11) is 0. The second-order valence-corrected chi connectivity index (χ2v) is 8.21. The monoisotopic (exact) mass is 292 g/mol. The zero-order valence-electron chi connectivity index (χ0n) is 15.3. The molecule has 1 aliphatic rings. The first-order chi connectivity index (χ1) is 10.1. The first-order valence-electron chi connectivity index (χ1n) is 8.31. The molecule has 0 aliphatic heterocycles. The van der Waals surface area contributed by atoms with Crippen molar-refractivity contribution >= 4 is 0 Å². The predicted molar refractivity (Wildman–Crippen MR) is 96.9 cm³/mol. The van der Waals surface area contributed by atoms with E-state index in [1.54, 1.807) is 0 Å². The number of benzene rings is 2. The van der Waals surface area contributed by atoms with Crippen LogP contribution in [0.1, 0.15) is 61.1 Å². The molecule has 2 aromatic rings. The molecular formula is C22H28. The minimum atomic E-state index is 0.121. The Hall–Kier alpha value is -1.56. The lowest BCUT2D eigenvalue weighted by Gasteiger charge is -2.49. The van der Waals surface area contributed by atoms with Gasteiger partial charge in [-0.3, -0.25) is 0 Å². The van der Waals surface area contributed by atoms with Crippen LogP contribution in [0.2, 0.25) is 0 Å². The summed E-state index contributed by atoms with van der Waals surface area (Å²) in [4.78, 5) is 0. The van der Waals surface area contributed by atoms with Gasteiger partial charge in [-0.2, -0.15) is 0 Å². The Kier molecular flexibility index (Phi) is 3.12. The van der Waals surface area contributed by atoms with Crippen LogP contribution in [0.5, 0.6) is 0 Å². The topological polar surface area (TPSA) is 0 Å². The molecule has 0 saturated carbocycles. The molecule has 0 heteroatoms. The third-order valence-electron chi connectivity index (χ3n) is 6.47. The first kappa shape index (κ1) is 15.3. The Balaban J connectivity index is 2.47. The highest BCUT2D eigenvalue weighted by atomic mass is 14.5. The van der Waals surface area contributed by atoms with Gasteiger partial charge in [0.05, 0.1) is 0 Å². The summed E-state index contributed by atoms with van der Waals surface area (Å²) in [6, 6.07) is 9.64. The Morgan fingerprint density at radius 2 is 0.773 bits per heavy atom. The normalized spacial score (nSPS) is 17.8. The van der Waals surface area contributed by atoms with Crippen molar-refractivity contribution in [3.05, 3.63) is 57.6 Å². The second kappa shape index (κ2) is 4.47. The second-order valence-electron chi connectivity index (χ2n) is 8.21. The highest BCUT2D eigenvalue weighted by Gasteiger charge is 2.46. The van der Waals surface area contributed by atoms with Crippen molar-refractivity contribution in [2.45, 2.75) is 66.2 Å². The molecule has 0 nitrogen and oxygen atoms in total. The molecule has 0 saturated heterocycles. The van der Waals surface area contributed by atoms with Gasteiger partial charge < -0.3 is 0 Å². The molecule has 0 heterocycles. The molecule has 0 aromatic heterocycles. The highest BCUT2D eigenvalue weighted by Crippen LogP contribution is 2.54. The van der Waals surface area contributed by atoms with Crippen molar-refractivity contribution < 1.29 is 0 Å². The van der Waals surface area contributed by atoms with Crippen LogP contribution >= 0.6 is 0 Å². The summed E-state index contributed by atoms with van der Waals surface area (Å²) in [6.45, 7) is 18.5. The summed E-state index contributed by atoms with van der Waals surface area (Å²) >= 11 is 0. The van der Waals surface area contributed by atoms with Crippen LogP contribution in [-0.4, -0.2) is 0 Å². The van der Waals surface area contributed by atoms with Crippen molar-refractivity contribution in [2.75, 3.05) is 0 Å². The van der Waals surface area contributed by atoms with Crippen molar-refractivity contribution in [2.24, 2.45) is 0 Å². The SMILES string of the molecule is Cc1cc2c(cc1C)C(C)(C)C(C)(C)c1cc(C)c(C)cc1-2. The van der Waals surface area contributed by atoms with Crippen LogP contribution in [0.15, 0.2) is 24.3 Å². The van der Waals surface area contributed by atoms with Gasteiger partial charge in [0.1, 0.15) is 0 Å². The van der Waals surface area contributed by atoms with E-state index in [0.29, 0.717) is 0 Å². The maximum Gasteiger partial charge on any atom is -0.000558 e. The number of fused-ring (bicyclic) bond motifs is 3. The summed E-state index contributed by atoms with van der Waals surface area (Å²) in [5, 5.41) is 0. The molecule has 0 radical (unpaired) electrons. The first-order valence-corrected chi connectivity index (χ1v) is 8.31. The van der Waals surface area contributed by atoms with E-state index in [1.165, 1.54) is 44.5 Å².